The van der Waals surface area contributed by atoms with Crippen LogP contribution in [0.15, 0.2) is 12.2 Å². The standard InChI is InChI=1S/C19H26O3/c1-19(9-8-12-4-2-3-5-14(12)11-19)22-18(21)16-10-13-6-7-15(16)17(13)20/h6-7,12-16H,2-5,8-11H2,1H3. The van der Waals surface area contributed by atoms with Gasteiger partial charge in [0.05, 0.1) is 5.92 Å². The Morgan fingerprint density at radius 1 is 1.18 bits per heavy atom. The number of rotatable bonds is 2. The highest BCUT2D eigenvalue weighted by Gasteiger charge is 2.49. The van der Waals surface area contributed by atoms with Crippen molar-refractivity contribution in [3.8, 4) is 0 Å². The minimum atomic E-state index is -0.301. The number of allylic oxidation sites excluding steroid dienone is 2. The highest BCUT2D eigenvalue weighted by atomic mass is 16.6. The van der Waals surface area contributed by atoms with Crippen molar-refractivity contribution in [2.24, 2.45) is 29.6 Å². The van der Waals surface area contributed by atoms with Crippen LogP contribution in [0.2, 0.25) is 0 Å². The molecule has 2 bridgehead atoms. The number of ether oxygens (including phenoxy) is 1. The van der Waals surface area contributed by atoms with E-state index in [9.17, 15) is 9.59 Å². The van der Waals surface area contributed by atoms with Gasteiger partial charge in [0.2, 0.25) is 0 Å². The van der Waals surface area contributed by atoms with Crippen molar-refractivity contribution in [3.63, 3.8) is 0 Å². The number of carbonyl (C=O) groups excluding carboxylic acids is 2. The van der Waals surface area contributed by atoms with Gasteiger partial charge in [0, 0.05) is 11.8 Å². The maximum Gasteiger partial charge on any atom is 0.310 e. The van der Waals surface area contributed by atoms with E-state index in [1.165, 1.54) is 32.1 Å². The molecule has 6 unspecified atom stereocenters. The van der Waals surface area contributed by atoms with Gasteiger partial charge in [-0.15, -0.1) is 0 Å². The van der Waals surface area contributed by atoms with Crippen molar-refractivity contribution in [2.75, 3.05) is 0 Å². The molecular formula is C19H26O3. The molecule has 0 aromatic carbocycles. The van der Waals surface area contributed by atoms with Crippen molar-refractivity contribution in [3.05, 3.63) is 12.2 Å². The summed E-state index contributed by atoms with van der Waals surface area (Å²) in [7, 11) is 0. The number of esters is 1. The summed E-state index contributed by atoms with van der Waals surface area (Å²) in [5.41, 5.74) is -0.301. The van der Waals surface area contributed by atoms with Crippen molar-refractivity contribution in [1.82, 2.24) is 0 Å². The Kier molecular flexibility index (Phi) is 3.43. The van der Waals surface area contributed by atoms with Gasteiger partial charge < -0.3 is 4.74 Å². The molecule has 0 spiro atoms. The molecule has 4 rings (SSSR count). The van der Waals surface area contributed by atoms with Gasteiger partial charge in [-0.3, -0.25) is 9.59 Å². The van der Waals surface area contributed by atoms with Crippen LogP contribution < -0.4 is 0 Å². The summed E-state index contributed by atoms with van der Waals surface area (Å²) in [6, 6.07) is 0. The Bertz CT molecular complexity index is 523. The predicted octanol–water partition coefficient (Wildman–Crippen LogP) is 3.67. The SMILES string of the molecule is CC1(OC(=O)C2CC3C=CC2C3=O)CCC2CCCCC2C1. The van der Waals surface area contributed by atoms with Gasteiger partial charge in [0.1, 0.15) is 11.4 Å². The second-order valence-electron chi connectivity index (χ2n) is 8.18. The molecule has 3 saturated carbocycles. The summed E-state index contributed by atoms with van der Waals surface area (Å²) in [4.78, 5) is 24.6. The molecule has 3 nitrogen and oxygen atoms in total. The van der Waals surface area contributed by atoms with E-state index < -0.39 is 0 Å². The van der Waals surface area contributed by atoms with E-state index in [4.69, 9.17) is 4.74 Å². The zero-order chi connectivity index (χ0) is 15.3. The lowest BCUT2D eigenvalue weighted by Crippen LogP contribution is -2.43. The number of hydrogen-bond acceptors (Lipinski definition) is 3. The first-order chi connectivity index (χ1) is 10.6. The van der Waals surface area contributed by atoms with Crippen LogP contribution in [0.4, 0.5) is 0 Å². The molecule has 0 aromatic rings. The molecular weight excluding hydrogens is 276 g/mol. The first-order valence-corrected chi connectivity index (χ1v) is 9.01. The Morgan fingerprint density at radius 2 is 1.95 bits per heavy atom. The van der Waals surface area contributed by atoms with Gasteiger partial charge in [-0.1, -0.05) is 37.8 Å². The highest BCUT2D eigenvalue weighted by Crippen LogP contribution is 2.47. The Hall–Kier alpha value is -1.12. The first kappa shape index (κ1) is 14.5. The summed E-state index contributed by atoms with van der Waals surface area (Å²) in [6.45, 7) is 2.11. The van der Waals surface area contributed by atoms with E-state index in [2.05, 4.69) is 6.92 Å². The zero-order valence-electron chi connectivity index (χ0n) is 13.4. The molecule has 4 aliphatic rings. The third kappa shape index (κ3) is 2.33. The quantitative estimate of drug-likeness (QED) is 0.577. The van der Waals surface area contributed by atoms with E-state index in [0.29, 0.717) is 6.42 Å². The number of carbonyl (C=O) groups is 2. The van der Waals surface area contributed by atoms with Crippen LogP contribution in [0.5, 0.6) is 0 Å². The van der Waals surface area contributed by atoms with Gasteiger partial charge in [0.15, 0.2) is 0 Å². The fourth-order valence-electron chi connectivity index (χ4n) is 5.37. The fraction of sp³-hybridized carbons (Fsp3) is 0.789. The van der Waals surface area contributed by atoms with Gasteiger partial charge in [0.25, 0.3) is 0 Å². The predicted molar refractivity (Wildman–Crippen MR) is 83.0 cm³/mol. The Morgan fingerprint density at radius 3 is 2.64 bits per heavy atom. The molecule has 3 fully saturated rings. The maximum atomic E-state index is 12.6. The van der Waals surface area contributed by atoms with Crippen molar-refractivity contribution in [1.29, 1.82) is 0 Å². The average Bonchev–Trinajstić information content (AvgIpc) is 3.02. The van der Waals surface area contributed by atoms with Crippen molar-refractivity contribution < 1.29 is 14.3 Å². The van der Waals surface area contributed by atoms with Crippen LogP contribution in [-0.2, 0) is 14.3 Å². The average molecular weight is 302 g/mol. The number of fused-ring (bicyclic) bond motifs is 3. The van der Waals surface area contributed by atoms with Gasteiger partial charge in [-0.2, -0.15) is 0 Å². The van der Waals surface area contributed by atoms with Crippen LogP contribution in [0.1, 0.15) is 58.3 Å². The van der Waals surface area contributed by atoms with Crippen LogP contribution in [-0.4, -0.2) is 17.4 Å². The van der Waals surface area contributed by atoms with E-state index in [1.54, 1.807) is 0 Å². The minimum absolute atomic E-state index is 0.0237. The zero-order valence-corrected chi connectivity index (χ0v) is 13.4. The highest BCUT2D eigenvalue weighted by molar-refractivity contribution is 5.96. The lowest BCUT2D eigenvalue weighted by atomic mass is 9.66. The Balaban J connectivity index is 1.41. The lowest BCUT2D eigenvalue weighted by Gasteiger charge is -2.44. The molecule has 0 aliphatic heterocycles. The molecule has 0 N–H and O–H groups in total. The van der Waals surface area contributed by atoms with Gasteiger partial charge in [-0.05, 0) is 44.4 Å². The number of hydrogen-bond donors (Lipinski definition) is 0. The topological polar surface area (TPSA) is 43.4 Å². The van der Waals surface area contributed by atoms with Gasteiger partial charge in [-0.25, -0.2) is 0 Å². The second kappa shape index (κ2) is 5.21. The third-order valence-corrected chi connectivity index (χ3v) is 6.64. The number of Topliss-reactive ketones (excluding diaryl/α,β-unsaturated/α-hetero) is 1. The van der Waals surface area contributed by atoms with Crippen molar-refractivity contribution >= 4 is 11.8 Å². The third-order valence-electron chi connectivity index (χ3n) is 6.64. The molecule has 3 heteroatoms. The monoisotopic (exact) mass is 302 g/mol. The smallest absolute Gasteiger partial charge is 0.310 e. The largest absolute Gasteiger partial charge is 0.459 e. The molecule has 120 valence electrons. The number of ketones is 1. The molecule has 6 atom stereocenters. The normalized spacial score (nSPS) is 46.6. The van der Waals surface area contributed by atoms with E-state index in [0.717, 1.165) is 24.7 Å². The molecule has 22 heavy (non-hydrogen) atoms. The summed E-state index contributed by atoms with van der Waals surface area (Å²) in [5, 5.41) is 0. The summed E-state index contributed by atoms with van der Waals surface area (Å²) in [5.74, 6) is 1.25. The minimum Gasteiger partial charge on any atom is -0.459 e. The van der Waals surface area contributed by atoms with E-state index in [-0.39, 0.29) is 35.1 Å². The Labute approximate surface area is 132 Å². The van der Waals surface area contributed by atoms with E-state index in [1.807, 2.05) is 12.2 Å². The summed E-state index contributed by atoms with van der Waals surface area (Å²) < 4.78 is 5.99. The van der Waals surface area contributed by atoms with Gasteiger partial charge >= 0.3 is 5.97 Å². The molecule has 4 aliphatic carbocycles. The molecule has 0 radical (unpaired) electrons. The van der Waals surface area contributed by atoms with Crippen LogP contribution in [0.25, 0.3) is 0 Å². The fourth-order valence-corrected chi connectivity index (χ4v) is 5.37. The van der Waals surface area contributed by atoms with Crippen LogP contribution in [0.3, 0.4) is 0 Å². The first-order valence-electron chi connectivity index (χ1n) is 9.01. The second-order valence-corrected chi connectivity index (χ2v) is 8.18. The summed E-state index contributed by atoms with van der Waals surface area (Å²) in [6.07, 6.45) is 13.1. The molecule has 0 amide bonds. The lowest BCUT2D eigenvalue weighted by molar-refractivity contribution is -0.171. The molecule has 0 saturated heterocycles. The van der Waals surface area contributed by atoms with Crippen LogP contribution >= 0.6 is 0 Å². The van der Waals surface area contributed by atoms with Crippen LogP contribution in [0, 0.1) is 29.6 Å². The summed E-state index contributed by atoms with van der Waals surface area (Å²) >= 11 is 0. The van der Waals surface area contributed by atoms with E-state index >= 15 is 0 Å². The molecule has 0 aromatic heterocycles. The van der Waals surface area contributed by atoms with Crippen molar-refractivity contribution in [2.45, 2.75) is 63.9 Å². The molecule has 0 heterocycles. The maximum absolute atomic E-state index is 12.6.